The molecule has 0 spiro atoms. The zero-order valence-corrected chi connectivity index (χ0v) is 13.6. The van der Waals surface area contributed by atoms with E-state index in [1.54, 1.807) is 0 Å². The van der Waals surface area contributed by atoms with Crippen LogP contribution in [0.5, 0.6) is 11.5 Å². The van der Waals surface area contributed by atoms with Gasteiger partial charge >= 0.3 is 0 Å². The first-order valence-corrected chi connectivity index (χ1v) is 7.91. The van der Waals surface area contributed by atoms with Gasteiger partial charge in [0.05, 0.1) is 13.2 Å². The van der Waals surface area contributed by atoms with Crippen molar-refractivity contribution in [2.75, 3.05) is 13.2 Å². The minimum absolute atomic E-state index is 0.309. The second-order valence-corrected chi connectivity index (χ2v) is 5.16. The molecule has 0 fully saturated rings. The molecule has 0 amide bonds. The highest BCUT2D eigenvalue weighted by molar-refractivity contribution is 5.43. The second kappa shape index (κ2) is 8.44. The van der Waals surface area contributed by atoms with Crippen LogP contribution in [0.4, 0.5) is 0 Å². The molecule has 0 unspecified atom stereocenters. The smallest absolute Gasteiger partial charge is 0.161 e. The van der Waals surface area contributed by atoms with Gasteiger partial charge in [-0.2, -0.15) is 0 Å². The van der Waals surface area contributed by atoms with Crippen molar-refractivity contribution < 1.29 is 9.47 Å². The van der Waals surface area contributed by atoms with E-state index < -0.39 is 0 Å². The average molecular weight is 299 g/mol. The third-order valence-electron chi connectivity index (χ3n) is 3.52. The first-order valence-electron chi connectivity index (χ1n) is 7.91. The summed E-state index contributed by atoms with van der Waals surface area (Å²) in [5, 5.41) is 3.54. The van der Waals surface area contributed by atoms with Crippen LogP contribution in [0.3, 0.4) is 0 Å². The van der Waals surface area contributed by atoms with E-state index in [9.17, 15) is 0 Å². The van der Waals surface area contributed by atoms with Crippen LogP contribution < -0.4 is 14.8 Å². The van der Waals surface area contributed by atoms with Gasteiger partial charge in [-0.15, -0.1) is 0 Å². The summed E-state index contributed by atoms with van der Waals surface area (Å²) < 4.78 is 11.3. The topological polar surface area (TPSA) is 30.5 Å². The van der Waals surface area contributed by atoms with Crippen molar-refractivity contribution >= 4 is 0 Å². The standard InChI is InChI=1S/C19H25NO2/c1-4-21-18-12-11-16(13-19(18)22-5-2)14-20-15(3)17-9-7-6-8-10-17/h6-13,15,20H,4-5,14H2,1-3H3/t15-/m0/s1. The molecule has 0 aromatic heterocycles. The summed E-state index contributed by atoms with van der Waals surface area (Å²) in [6.07, 6.45) is 0. The molecular weight excluding hydrogens is 274 g/mol. The van der Waals surface area contributed by atoms with E-state index >= 15 is 0 Å². The van der Waals surface area contributed by atoms with E-state index in [-0.39, 0.29) is 0 Å². The molecule has 0 radical (unpaired) electrons. The lowest BCUT2D eigenvalue weighted by molar-refractivity contribution is 0.287. The highest BCUT2D eigenvalue weighted by Crippen LogP contribution is 2.28. The van der Waals surface area contributed by atoms with E-state index in [0.717, 1.165) is 18.0 Å². The molecule has 118 valence electrons. The van der Waals surface area contributed by atoms with Gasteiger partial charge in [0.1, 0.15) is 0 Å². The number of ether oxygens (including phenoxy) is 2. The summed E-state index contributed by atoms with van der Waals surface area (Å²) in [6.45, 7) is 8.21. The fourth-order valence-corrected chi connectivity index (χ4v) is 2.34. The number of rotatable bonds is 8. The molecule has 0 heterocycles. The molecule has 3 nitrogen and oxygen atoms in total. The maximum atomic E-state index is 5.67. The van der Waals surface area contributed by atoms with Crippen LogP contribution in [0, 0.1) is 0 Å². The van der Waals surface area contributed by atoms with Crippen molar-refractivity contribution in [1.29, 1.82) is 0 Å². The van der Waals surface area contributed by atoms with Crippen LogP contribution in [-0.4, -0.2) is 13.2 Å². The summed E-state index contributed by atoms with van der Waals surface area (Å²) in [6, 6.07) is 16.9. The van der Waals surface area contributed by atoms with Gasteiger partial charge < -0.3 is 14.8 Å². The molecule has 0 aliphatic carbocycles. The summed E-state index contributed by atoms with van der Waals surface area (Å²) in [4.78, 5) is 0. The van der Waals surface area contributed by atoms with Crippen LogP contribution in [0.15, 0.2) is 48.5 Å². The van der Waals surface area contributed by atoms with Crippen molar-refractivity contribution in [3.05, 3.63) is 59.7 Å². The molecule has 0 bridgehead atoms. The van der Waals surface area contributed by atoms with E-state index in [4.69, 9.17) is 9.47 Å². The predicted octanol–water partition coefficient (Wildman–Crippen LogP) is 4.33. The van der Waals surface area contributed by atoms with Gasteiger partial charge in [0, 0.05) is 12.6 Å². The maximum Gasteiger partial charge on any atom is 0.161 e. The van der Waals surface area contributed by atoms with E-state index in [2.05, 4.69) is 48.6 Å². The summed E-state index contributed by atoms with van der Waals surface area (Å²) in [5.41, 5.74) is 2.48. The average Bonchev–Trinajstić information content (AvgIpc) is 2.56. The Morgan fingerprint density at radius 3 is 2.27 bits per heavy atom. The SMILES string of the molecule is CCOc1ccc(CN[C@@H](C)c2ccccc2)cc1OCC. The molecular formula is C19H25NO2. The van der Waals surface area contributed by atoms with E-state index in [0.29, 0.717) is 19.3 Å². The molecule has 2 aromatic carbocycles. The Morgan fingerprint density at radius 1 is 0.909 bits per heavy atom. The van der Waals surface area contributed by atoms with Crippen molar-refractivity contribution in [2.24, 2.45) is 0 Å². The highest BCUT2D eigenvalue weighted by atomic mass is 16.5. The van der Waals surface area contributed by atoms with Crippen molar-refractivity contribution in [3.8, 4) is 11.5 Å². The Labute approximate surface area is 133 Å². The maximum absolute atomic E-state index is 5.67. The van der Waals surface area contributed by atoms with Gasteiger partial charge in [-0.1, -0.05) is 36.4 Å². The first kappa shape index (κ1) is 16.4. The van der Waals surface area contributed by atoms with Crippen LogP contribution in [0.1, 0.15) is 37.9 Å². The van der Waals surface area contributed by atoms with Crippen molar-refractivity contribution in [1.82, 2.24) is 5.32 Å². The molecule has 22 heavy (non-hydrogen) atoms. The van der Waals surface area contributed by atoms with Gasteiger partial charge in [-0.3, -0.25) is 0 Å². The zero-order chi connectivity index (χ0) is 15.8. The molecule has 2 aromatic rings. The number of hydrogen-bond acceptors (Lipinski definition) is 3. The monoisotopic (exact) mass is 299 g/mol. The zero-order valence-electron chi connectivity index (χ0n) is 13.6. The van der Waals surface area contributed by atoms with Gasteiger partial charge in [0.15, 0.2) is 11.5 Å². The minimum atomic E-state index is 0.309. The van der Waals surface area contributed by atoms with Gasteiger partial charge in [0.2, 0.25) is 0 Å². The normalized spacial score (nSPS) is 12.0. The Morgan fingerprint density at radius 2 is 1.59 bits per heavy atom. The summed E-state index contributed by atoms with van der Waals surface area (Å²) >= 11 is 0. The quantitative estimate of drug-likeness (QED) is 0.786. The molecule has 0 saturated heterocycles. The van der Waals surface area contributed by atoms with E-state index in [1.807, 2.05) is 26.0 Å². The lowest BCUT2D eigenvalue weighted by Gasteiger charge is -2.16. The Bertz CT molecular complexity index is 569. The van der Waals surface area contributed by atoms with Crippen LogP contribution in [0.2, 0.25) is 0 Å². The second-order valence-electron chi connectivity index (χ2n) is 5.16. The molecule has 1 N–H and O–H groups in total. The van der Waals surface area contributed by atoms with Gasteiger partial charge in [0.25, 0.3) is 0 Å². The highest BCUT2D eigenvalue weighted by Gasteiger charge is 2.08. The number of nitrogens with one attached hydrogen (secondary N) is 1. The molecule has 0 saturated carbocycles. The van der Waals surface area contributed by atoms with Crippen molar-refractivity contribution in [2.45, 2.75) is 33.4 Å². The molecule has 0 aliphatic heterocycles. The van der Waals surface area contributed by atoms with Crippen LogP contribution in [0.25, 0.3) is 0 Å². The number of hydrogen-bond donors (Lipinski definition) is 1. The van der Waals surface area contributed by atoms with Gasteiger partial charge in [-0.05, 0) is 44.0 Å². The summed E-state index contributed by atoms with van der Waals surface area (Å²) in [5.74, 6) is 1.63. The third-order valence-corrected chi connectivity index (χ3v) is 3.52. The van der Waals surface area contributed by atoms with E-state index in [1.165, 1.54) is 11.1 Å². The third kappa shape index (κ3) is 4.50. The fraction of sp³-hybridized carbons (Fsp3) is 0.368. The van der Waals surface area contributed by atoms with Crippen LogP contribution in [-0.2, 0) is 6.54 Å². The fourth-order valence-electron chi connectivity index (χ4n) is 2.34. The van der Waals surface area contributed by atoms with Crippen molar-refractivity contribution in [3.63, 3.8) is 0 Å². The Hall–Kier alpha value is -2.00. The van der Waals surface area contributed by atoms with Gasteiger partial charge in [-0.25, -0.2) is 0 Å². The lowest BCUT2D eigenvalue weighted by atomic mass is 10.1. The Balaban J connectivity index is 2.02. The number of benzene rings is 2. The minimum Gasteiger partial charge on any atom is -0.490 e. The lowest BCUT2D eigenvalue weighted by Crippen LogP contribution is -2.18. The summed E-state index contributed by atoms with van der Waals surface area (Å²) in [7, 11) is 0. The molecule has 1 atom stereocenters. The molecule has 3 heteroatoms. The largest absolute Gasteiger partial charge is 0.490 e. The first-order chi connectivity index (χ1) is 10.7. The van der Waals surface area contributed by atoms with Crippen LogP contribution >= 0.6 is 0 Å². The molecule has 0 aliphatic rings. The Kier molecular flexibility index (Phi) is 6.28. The predicted molar refractivity (Wildman–Crippen MR) is 90.5 cm³/mol. The molecule has 2 rings (SSSR count).